The van der Waals surface area contributed by atoms with E-state index in [1.54, 1.807) is 0 Å². The van der Waals surface area contributed by atoms with Crippen molar-refractivity contribution in [1.82, 2.24) is 15.0 Å². The van der Waals surface area contributed by atoms with E-state index in [2.05, 4.69) is 10.2 Å². The molecule has 0 aliphatic heterocycles. The van der Waals surface area contributed by atoms with Crippen molar-refractivity contribution in [1.29, 1.82) is 0 Å². The van der Waals surface area contributed by atoms with E-state index in [9.17, 15) is 10.1 Å². The van der Waals surface area contributed by atoms with Gasteiger partial charge in [-0.05, 0) is 18.2 Å². The molecule has 1 heterocycles. The van der Waals surface area contributed by atoms with Gasteiger partial charge in [0.15, 0.2) is 0 Å². The topological polar surface area (TPSA) is 99.9 Å². The van der Waals surface area contributed by atoms with Crippen LogP contribution >= 0.6 is 0 Å². The van der Waals surface area contributed by atoms with E-state index in [0.717, 1.165) is 5.69 Å². The van der Waals surface area contributed by atoms with Gasteiger partial charge in [0.1, 0.15) is 16.7 Å². The molecular formula is C12H9N5O2. The molecular weight excluding hydrogens is 246 g/mol. The van der Waals surface area contributed by atoms with E-state index in [4.69, 9.17) is 5.73 Å². The van der Waals surface area contributed by atoms with E-state index in [0.29, 0.717) is 11.0 Å². The predicted molar refractivity (Wildman–Crippen MR) is 69.9 cm³/mol. The Balaban J connectivity index is 2.22. The fraction of sp³-hybridized carbons (Fsp3) is 0. The Kier molecular flexibility index (Phi) is 2.38. The average Bonchev–Trinajstić information content (AvgIpc) is 2.85. The third-order valence-corrected chi connectivity index (χ3v) is 2.75. The third-order valence-electron chi connectivity index (χ3n) is 2.75. The summed E-state index contributed by atoms with van der Waals surface area (Å²) in [7, 11) is 0. The molecule has 19 heavy (non-hydrogen) atoms. The lowest BCUT2D eigenvalue weighted by Crippen LogP contribution is -1.98. The normalized spacial score (nSPS) is 10.7. The molecule has 0 spiro atoms. The maximum Gasteiger partial charge on any atom is 0.294 e. The second-order valence-electron chi connectivity index (χ2n) is 3.95. The largest absolute Gasteiger partial charge is 0.391 e. The van der Waals surface area contributed by atoms with Crippen molar-refractivity contribution < 1.29 is 4.92 Å². The van der Waals surface area contributed by atoms with Gasteiger partial charge in [0, 0.05) is 6.07 Å². The first kappa shape index (κ1) is 11.1. The highest BCUT2D eigenvalue weighted by Gasteiger charge is 2.17. The maximum absolute atomic E-state index is 10.8. The molecule has 0 radical (unpaired) electrons. The number of nitro groups is 1. The number of para-hydroxylation sites is 1. The molecule has 0 unspecified atom stereocenters. The molecule has 7 heteroatoms. The second-order valence-corrected chi connectivity index (χ2v) is 3.95. The summed E-state index contributed by atoms with van der Waals surface area (Å²) in [5.41, 5.74) is 7.24. The van der Waals surface area contributed by atoms with Crippen LogP contribution in [-0.2, 0) is 0 Å². The lowest BCUT2D eigenvalue weighted by atomic mass is 10.2. The monoisotopic (exact) mass is 255 g/mol. The number of nitrogens with zero attached hydrogens (tertiary/aromatic N) is 4. The highest BCUT2D eigenvalue weighted by Crippen LogP contribution is 2.28. The van der Waals surface area contributed by atoms with Crippen LogP contribution in [0.4, 0.5) is 11.4 Å². The van der Waals surface area contributed by atoms with E-state index in [1.165, 1.54) is 16.9 Å². The molecule has 3 rings (SSSR count). The van der Waals surface area contributed by atoms with Gasteiger partial charge in [-0.25, -0.2) is 0 Å². The first-order chi connectivity index (χ1) is 9.16. The molecule has 94 valence electrons. The van der Waals surface area contributed by atoms with Crippen LogP contribution in [0.3, 0.4) is 0 Å². The van der Waals surface area contributed by atoms with Gasteiger partial charge in [0.2, 0.25) is 0 Å². The van der Waals surface area contributed by atoms with Crippen molar-refractivity contribution in [2.24, 2.45) is 0 Å². The molecule has 0 fully saturated rings. The van der Waals surface area contributed by atoms with Gasteiger partial charge in [-0.1, -0.05) is 18.2 Å². The van der Waals surface area contributed by atoms with Gasteiger partial charge in [0.05, 0.1) is 10.6 Å². The Morgan fingerprint density at radius 1 is 1.11 bits per heavy atom. The molecule has 0 aliphatic rings. The SMILES string of the molecule is Nc1c([N+](=O)[O-])ccc2nn(-c3ccccc3)nc12. The van der Waals surface area contributed by atoms with Crippen molar-refractivity contribution >= 4 is 22.4 Å². The van der Waals surface area contributed by atoms with Crippen molar-refractivity contribution in [3.05, 3.63) is 52.6 Å². The molecule has 0 amide bonds. The van der Waals surface area contributed by atoms with Gasteiger partial charge in [-0.3, -0.25) is 10.1 Å². The number of nitrogens with two attached hydrogens (primary N) is 1. The fourth-order valence-corrected chi connectivity index (χ4v) is 1.83. The Bertz CT molecular complexity index is 766. The minimum atomic E-state index is -0.531. The number of aromatic nitrogens is 3. The summed E-state index contributed by atoms with van der Waals surface area (Å²) in [6.45, 7) is 0. The van der Waals surface area contributed by atoms with E-state index in [1.807, 2.05) is 30.3 Å². The number of nitrogen functional groups attached to an aromatic ring is 1. The highest BCUT2D eigenvalue weighted by molar-refractivity contribution is 5.91. The lowest BCUT2D eigenvalue weighted by molar-refractivity contribution is -0.383. The zero-order valence-corrected chi connectivity index (χ0v) is 9.72. The first-order valence-corrected chi connectivity index (χ1v) is 5.52. The minimum absolute atomic E-state index is 0.0321. The number of fused-ring (bicyclic) bond motifs is 1. The Labute approximate surface area is 107 Å². The molecule has 0 atom stereocenters. The molecule has 0 saturated heterocycles. The minimum Gasteiger partial charge on any atom is -0.391 e. The van der Waals surface area contributed by atoms with Crippen LogP contribution in [0.15, 0.2) is 42.5 Å². The quantitative estimate of drug-likeness (QED) is 0.428. The fourth-order valence-electron chi connectivity index (χ4n) is 1.83. The summed E-state index contributed by atoms with van der Waals surface area (Å²) in [6.07, 6.45) is 0. The lowest BCUT2D eigenvalue weighted by Gasteiger charge is -1.96. The van der Waals surface area contributed by atoms with E-state index >= 15 is 0 Å². The van der Waals surface area contributed by atoms with Crippen LogP contribution < -0.4 is 5.73 Å². The Morgan fingerprint density at radius 3 is 2.53 bits per heavy atom. The Hall–Kier alpha value is -2.96. The molecule has 7 nitrogen and oxygen atoms in total. The molecule has 2 N–H and O–H groups in total. The number of benzene rings is 2. The van der Waals surface area contributed by atoms with Gasteiger partial charge in [-0.15, -0.1) is 10.2 Å². The van der Waals surface area contributed by atoms with Crippen LogP contribution in [-0.4, -0.2) is 19.9 Å². The van der Waals surface area contributed by atoms with Crippen LogP contribution in [0, 0.1) is 10.1 Å². The number of anilines is 1. The van der Waals surface area contributed by atoms with E-state index in [-0.39, 0.29) is 11.4 Å². The van der Waals surface area contributed by atoms with Gasteiger partial charge >= 0.3 is 0 Å². The molecule has 0 saturated carbocycles. The summed E-state index contributed by atoms with van der Waals surface area (Å²) in [5, 5.41) is 19.3. The van der Waals surface area contributed by atoms with Crippen molar-refractivity contribution in [2.75, 3.05) is 5.73 Å². The number of rotatable bonds is 2. The smallest absolute Gasteiger partial charge is 0.294 e. The zero-order valence-electron chi connectivity index (χ0n) is 9.72. The van der Waals surface area contributed by atoms with Crippen molar-refractivity contribution in [3.63, 3.8) is 0 Å². The van der Waals surface area contributed by atoms with Gasteiger partial charge < -0.3 is 5.73 Å². The standard InChI is InChI=1S/C12H9N5O2/c13-11-10(17(18)19)7-6-9-12(11)15-16(14-9)8-4-2-1-3-5-8/h1-7H,13H2. The van der Waals surface area contributed by atoms with Crippen LogP contribution in [0.25, 0.3) is 16.7 Å². The summed E-state index contributed by atoms with van der Waals surface area (Å²) in [6, 6.07) is 12.1. The van der Waals surface area contributed by atoms with Crippen LogP contribution in [0.5, 0.6) is 0 Å². The van der Waals surface area contributed by atoms with Gasteiger partial charge in [-0.2, -0.15) is 4.80 Å². The number of nitro benzene ring substituents is 1. The molecule has 3 aromatic rings. The second kappa shape index (κ2) is 4.05. The molecule has 0 aliphatic carbocycles. The molecule has 2 aromatic carbocycles. The van der Waals surface area contributed by atoms with E-state index < -0.39 is 4.92 Å². The molecule has 0 bridgehead atoms. The van der Waals surface area contributed by atoms with Crippen molar-refractivity contribution in [2.45, 2.75) is 0 Å². The highest BCUT2D eigenvalue weighted by atomic mass is 16.6. The predicted octanol–water partition coefficient (Wildman–Crippen LogP) is 1.91. The average molecular weight is 255 g/mol. The zero-order chi connectivity index (χ0) is 13.4. The molecule has 1 aromatic heterocycles. The third kappa shape index (κ3) is 1.77. The summed E-state index contributed by atoms with van der Waals surface area (Å²) in [4.78, 5) is 11.7. The Morgan fingerprint density at radius 2 is 1.84 bits per heavy atom. The van der Waals surface area contributed by atoms with Crippen molar-refractivity contribution in [3.8, 4) is 5.69 Å². The van der Waals surface area contributed by atoms with Gasteiger partial charge in [0.25, 0.3) is 5.69 Å². The number of hydrogen-bond donors (Lipinski definition) is 1. The summed E-state index contributed by atoms with van der Waals surface area (Å²) in [5.74, 6) is 0. The number of hydrogen-bond acceptors (Lipinski definition) is 5. The summed E-state index contributed by atoms with van der Waals surface area (Å²) < 4.78 is 0. The van der Waals surface area contributed by atoms with Crippen LogP contribution in [0.1, 0.15) is 0 Å². The van der Waals surface area contributed by atoms with Crippen LogP contribution in [0.2, 0.25) is 0 Å². The summed E-state index contributed by atoms with van der Waals surface area (Å²) >= 11 is 0. The maximum atomic E-state index is 10.8. The first-order valence-electron chi connectivity index (χ1n) is 5.52.